The molecule has 0 aromatic heterocycles. The van der Waals surface area contributed by atoms with Crippen LogP contribution in [0, 0.1) is 5.82 Å². The molecule has 100 valence electrons. The zero-order chi connectivity index (χ0) is 13.8. The van der Waals surface area contributed by atoms with Gasteiger partial charge in [0.05, 0.1) is 6.10 Å². The first-order chi connectivity index (χ1) is 9.08. The molecule has 0 radical (unpaired) electrons. The van der Waals surface area contributed by atoms with Crippen molar-refractivity contribution in [3.05, 3.63) is 63.9 Å². The van der Waals surface area contributed by atoms with Gasteiger partial charge in [0.1, 0.15) is 18.2 Å². The van der Waals surface area contributed by atoms with Gasteiger partial charge in [-0.1, -0.05) is 40.2 Å². The van der Waals surface area contributed by atoms with E-state index < -0.39 is 6.10 Å². The fourth-order valence-electron chi connectivity index (χ4n) is 1.75. The average Bonchev–Trinajstić information content (AvgIpc) is 2.38. The summed E-state index contributed by atoms with van der Waals surface area (Å²) in [6, 6.07) is 11.8. The number of hydrogen-bond acceptors (Lipinski definition) is 2. The first kappa shape index (κ1) is 14.0. The summed E-state index contributed by atoms with van der Waals surface area (Å²) in [5.74, 6) is 0.341. The molecule has 1 N–H and O–H groups in total. The predicted molar refractivity (Wildman–Crippen MR) is 75.5 cm³/mol. The van der Waals surface area contributed by atoms with E-state index in [-0.39, 0.29) is 5.82 Å². The normalized spacial score (nSPS) is 12.2. The van der Waals surface area contributed by atoms with Crippen molar-refractivity contribution in [2.45, 2.75) is 19.6 Å². The number of ether oxygens (including phenoxy) is 1. The molecule has 0 aliphatic rings. The van der Waals surface area contributed by atoms with Crippen LogP contribution in [0.3, 0.4) is 0 Å². The summed E-state index contributed by atoms with van der Waals surface area (Å²) < 4.78 is 19.3. The first-order valence-corrected chi connectivity index (χ1v) is 6.71. The Morgan fingerprint density at radius 2 is 2.00 bits per heavy atom. The average molecular weight is 325 g/mol. The second-order valence-corrected chi connectivity index (χ2v) is 5.09. The molecule has 0 amide bonds. The number of benzene rings is 2. The summed E-state index contributed by atoms with van der Waals surface area (Å²) in [5.41, 5.74) is 1.59. The quantitative estimate of drug-likeness (QED) is 0.912. The Morgan fingerprint density at radius 1 is 1.26 bits per heavy atom. The third kappa shape index (κ3) is 3.55. The van der Waals surface area contributed by atoms with Gasteiger partial charge in [-0.05, 0) is 25.1 Å². The maximum absolute atomic E-state index is 13.0. The minimum atomic E-state index is -0.590. The molecule has 0 aliphatic heterocycles. The zero-order valence-corrected chi connectivity index (χ0v) is 12.0. The molecule has 1 unspecified atom stereocenters. The molecule has 4 heteroatoms. The lowest BCUT2D eigenvalue weighted by atomic mass is 10.1. The molecule has 2 nitrogen and oxygen atoms in total. The van der Waals surface area contributed by atoms with E-state index in [9.17, 15) is 9.50 Å². The number of halogens is 2. The number of aliphatic hydroxyl groups excluding tert-OH is 1. The van der Waals surface area contributed by atoms with Crippen molar-refractivity contribution >= 4 is 15.9 Å². The lowest BCUT2D eigenvalue weighted by Gasteiger charge is -2.13. The zero-order valence-electron chi connectivity index (χ0n) is 10.4. The number of aliphatic hydroxyl groups is 1. The van der Waals surface area contributed by atoms with E-state index in [0.717, 1.165) is 11.1 Å². The van der Waals surface area contributed by atoms with Crippen LogP contribution in [-0.4, -0.2) is 5.11 Å². The Morgan fingerprint density at radius 3 is 2.68 bits per heavy atom. The van der Waals surface area contributed by atoms with Crippen LogP contribution < -0.4 is 4.74 Å². The fourth-order valence-corrected chi connectivity index (χ4v) is 2.22. The van der Waals surface area contributed by atoms with Crippen LogP contribution in [0.15, 0.2) is 46.9 Å². The monoisotopic (exact) mass is 324 g/mol. The topological polar surface area (TPSA) is 29.5 Å². The molecule has 0 saturated carbocycles. The largest absolute Gasteiger partial charge is 0.488 e. The van der Waals surface area contributed by atoms with Gasteiger partial charge in [0, 0.05) is 15.6 Å². The van der Waals surface area contributed by atoms with Crippen molar-refractivity contribution in [3.63, 3.8) is 0 Å². The highest BCUT2D eigenvalue weighted by Gasteiger charge is 2.09. The Labute approximate surface area is 120 Å². The predicted octanol–water partition coefficient (Wildman–Crippen LogP) is 4.22. The van der Waals surface area contributed by atoms with Crippen LogP contribution in [-0.2, 0) is 6.61 Å². The molecule has 2 aromatic rings. The van der Waals surface area contributed by atoms with Crippen molar-refractivity contribution in [2.24, 2.45) is 0 Å². The maximum atomic E-state index is 13.0. The molecule has 2 aromatic carbocycles. The third-order valence-electron chi connectivity index (χ3n) is 2.77. The summed E-state index contributed by atoms with van der Waals surface area (Å²) in [7, 11) is 0. The van der Waals surface area contributed by atoms with Crippen molar-refractivity contribution in [1.29, 1.82) is 0 Å². The van der Waals surface area contributed by atoms with Crippen molar-refractivity contribution in [1.82, 2.24) is 0 Å². The van der Waals surface area contributed by atoms with Crippen LogP contribution in [0.4, 0.5) is 4.39 Å². The molecular formula is C15H14BrFO2. The van der Waals surface area contributed by atoms with E-state index in [4.69, 9.17) is 4.74 Å². The molecule has 0 saturated heterocycles. The van der Waals surface area contributed by atoms with E-state index >= 15 is 0 Å². The number of hydrogen-bond donors (Lipinski definition) is 1. The van der Waals surface area contributed by atoms with Crippen LogP contribution in [0.5, 0.6) is 5.75 Å². The highest BCUT2D eigenvalue weighted by Crippen LogP contribution is 2.26. The summed E-state index contributed by atoms with van der Waals surface area (Å²) in [6.45, 7) is 2.00. The van der Waals surface area contributed by atoms with Crippen LogP contribution in [0.1, 0.15) is 24.2 Å². The molecule has 0 aliphatic carbocycles. The van der Waals surface area contributed by atoms with E-state index in [0.29, 0.717) is 16.8 Å². The first-order valence-electron chi connectivity index (χ1n) is 5.91. The van der Waals surface area contributed by atoms with Gasteiger partial charge in [0.2, 0.25) is 0 Å². The van der Waals surface area contributed by atoms with Gasteiger partial charge in [0.15, 0.2) is 0 Å². The lowest BCUT2D eigenvalue weighted by Crippen LogP contribution is -2.01. The lowest BCUT2D eigenvalue weighted by molar-refractivity contribution is 0.190. The summed E-state index contributed by atoms with van der Waals surface area (Å²) in [6.07, 6.45) is -0.590. The van der Waals surface area contributed by atoms with Crippen LogP contribution in [0.25, 0.3) is 0 Å². The van der Waals surface area contributed by atoms with Gasteiger partial charge in [-0.25, -0.2) is 4.39 Å². The van der Waals surface area contributed by atoms with Gasteiger partial charge >= 0.3 is 0 Å². The van der Waals surface area contributed by atoms with E-state index in [1.54, 1.807) is 19.1 Å². The molecule has 0 fully saturated rings. The van der Waals surface area contributed by atoms with Gasteiger partial charge in [-0.15, -0.1) is 0 Å². The third-order valence-corrected chi connectivity index (χ3v) is 3.51. The Balaban J connectivity index is 2.14. The number of rotatable bonds is 4. The molecule has 2 rings (SSSR count). The van der Waals surface area contributed by atoms with Crippen molar-refractivity contribution in [2.75, 3.05) is 0 Å². The minimum absolute atomic E-state index is 0.292. The highest BCUT2D eigenvalue weighted by atomic mass is 79.9. The second kappa shape index (κ2) is 6.17. The molecule has 1 atom stereocenters. The Bertz CT molecular complexity index is 570. The standard InChI is InChI=1S/C15H14BrFO2/c1-10(18)13-4-2-3-5-15(13)19-9-11-6-7-12(17)8-14(11)16/h2-8,10,18H,9H2,1H3. The minimum Gasteiger partial charge on any atom is -0.488 e. The molecular weight excluding hydrogens is 311 g/mol. The Hall–Kier alpha value is -1.39. The highest BCUT2D eigenvalue weighted by molar-refractivity contribution is 9.10. The summed E-state index contributed by atoms with van der Waals surface area (Å²) >= 11 is 3.30. The molecule has 19 heavy (non-hydrogen) atoms. The van der Waals surface area contributed by atoms with Crippen molar-refractivity contribution in [3.8, 4) is 5.75 Å². The SMILES string of the molecule is CC(O)c1ccccc1OCc1ccc(F)cc1Br. The van der Waals surface area contributed by atoms with Gasteiger partial charge < -0.3 is 9.84 Å². The molecule has 0 bridgehead atoms. The van der Waals surface area contributed by atoms with Crippen LogP contribution in [0.2, 0.25) is 0 Å². The van der Waals surface area contributed by atoms with E-state index in [1.165, 1.54) is 12.1 Å². The smallest absolute Gasteiger partial charge is 0.125 e. The van der Waals surface area contributed by atoms with E-state index in [2.05, 4.69) is 15.9 Å². The van der Waals surface area contributed by atoms with Gasteiger partial charge in [-0.2, -0.15) is 0 Å². The van der Waals surface area contributed by atoms with Crippen molar-refractivity contribution < 1.29 is 14.2 Å². The van der Waals surface area contributed by atoms with Gasteiger partial charge in [-0.3, -0.25) is 0 Å². The Kier molecular flexibility index (Phi) is 4.56. The maximum Gasteiger partial charge on any atom is 0.125 e. The van der Waals surface area contributed by atoms with Gasteiger partial charge in [0.25, 0.3) is 0 Å². The summed E-state index contributed by atoms with van der Waals surface area (Å²) in [4.78, 5) is 0. The fraction of sp³-hybridized carbons (Fsp3) is 0.200. The number of para-hydroxylation sites is 1. The second-order valence-electron chi connectivity index (χ2n) is 4.24. The molecule has 0 spiro atoms. The van der Waals surface area contributed by atoms with E-state index in [1.807, 2.05) is 18.2 Å². The molecule has 0 heterocycles. The van der Waals surface area contributed by atoms with Crippen LogP contribution >= 0.6 is 15.9 Å². The summed E-state index contributed by atoms with van der Waals surface area (Å²) in [5, 5.41) is 9.65.